The van der Waals surface area contributed by atoms with Crippen LogP contribution in [0.5, 0.6) is 0 Å². The highest BCUT2D eigenvalue weighted by molar-refractivity contribution is 7.90. The number of nitrogens with zero attached hydrogens (tertiary/aromatic N) is 3. The van der Waals surface area contributed by atoms with E-state index in [1.807, 2.05) is 0 Å². The lowest BCUT2D eigenvalue weighted by atomic mass is 10.3. The van der Waals surface area contributed by atoms with Crippen molar-refractivity contribution in [1.29, 1.82) is 0 Å². The highest BCUT2D eigenvalue weighted by Crippen LogP contribution is 2.13. The normalized spacial score (nSPS) is 11.6. The van der Waals surface area contributed by atoms with Crippen LogP contribution < -0.4 is 0 Å². The van der Waals surface area contributed by atoms with Crippen molar-refractivity contribution in [3.05, 3.63) is 36.2 Å². The third-order valence-electron chi connectivity index (χ3n) is 2.21. The fraction of sp³-hybridized carbons (Fsp3) is 0.200. The summed E-state index contributed by atoms with van der Waals surface area (Å²) in [6.07, 6.45) is 2.87. The summed E-state index contributed by atoms with van der Waals surface area (Å²) in [5.41, 5.74) is 1.40. The maximum Gasteiger partial charge on any atom is 0.175 e. The van der Waals surface area contributed by atoms with E-state index in [9.17, 15) is 8.42 Å². The number of halogens is 1. The fourth-order valence-corrected chi connectivity index (χ4v) is 2.08. The maximum absolute atomic E-state index is 11.3. The van der Waals surface area contributed by atoms with Gasteiger partial charge in [0.1, 0.15) is 0 Å². The summed E-state index contributed by atoms with van der Waals surface area (Å²) < 4.78 is 24.1. The van der Waals surface area contributed by atoms with Crippen molar-refractivity contribution in [2.45, 2.75) is 10.8 Å². The van der Waals surface area contributed by atoms with Gasteiger partial charge in [0, 0.05) is 6.26 Å². The molecule has 90 valence electrons. The van der Waals surface area contributed by atoms with Crippen LogP contribution in [0.1, 0.15) is 5.69 Å². The predicted molar refractivity (Wildman–Crippen MR) is 64.0 cm³/mol. The minimum Gasteiger partial charge on any atom is -0.224 e. The van der Waals surface area contributed by atoms with Gasteiger partial charge in [-0.2, -0.15) is 0 Å². The molecular formula is C10H10ClN3O2S. The van der Waals surface area contributed by atoms with Gasteiger partial charge in [0.05, 0.1) is 28.4 Å². The first-order valence-electron chi connectivity index (χ1n) is 4.78. The van der Waals surface area contributed by atoms with E-state index in [2.05, 4.69) is 10.3 Å². The van der Waals surface area contributed by atoms with Crippen LogP contribution >= 0.6 is 11.6 Å². The van der Waals surface area contributed by atoms with E-state index < -0.39 is 9.84 Å². The lowest BCUT2D eigenvalue weighted by molar-refractivity contribution is 0.602. The van der Waals surface area contributed by atoms with E-state index >= 15 is 0 Å². The number of alkyl halides is 1. The zero-order chi connectivity index (χ0) is 12.5. The second-order valence-corrected chi connectivity index (χ2v) is 5.84. The van der Waals surface area contributed by atoms with E-state index in [4.69, 9.17) is 11.6 Å². The first-order chi connectivity index (χ1) is 8.00. The van der Waals surface area contributed by atoms with Crippen LogP contribution in [0.4, 0.5) is 0 Å². The van der Waals surface area contributed by atoms with Crippen molar-refractivity contribution < 1.29 is 8.42 Å². The Morgan fingerprint density at radius 2 is 1.94 bits per heavy atom. The van der Waals surface area contributed by atoms with Crippen molar-refractivity contribution in [2.75, 3.05) is 6.26 Å². The van der Waals surface area contributed by atoms with Crippen LogP contribution in [0, 0.1) is 0 Å². The lowest BCUT2D eigenvalue weighted by Crippen LogP contribution is -1.99. The van der Waals surface area contributed by atoms with Crippen molar-refractivity contribution in [1.82, 2.24) is 15.0 Å². The minimum atomic E-state index is -3.17. The number of hydrogen-bond acceptors (Lipinski definition) is 4. The van der Waals surface area contributed by atoms with E-state index in [0.717, 1.165) is 5.69 Å². The molecule has 0 spiro atoms. The molecule has 0 aliphatic rings. The van der Waals surface area contributed by atoms with Crippen LogP contribution in [0.2, 0.25) is 0 Å². The minimum absolute atomic E-state index is 0.277. The average Bonchev–Trinajstić information content (AvgIpc) is 2.76. The smallest absolute Gasteiger partial charge is 0.175 e. The molecule has 0 fully saturated rings. The highest BCUT2D eigenvalue weighted by Gasteiger charge is 2.07. The van der Waals surface area contributed by atoms with Crippen LogP contribution in [0.25, 0.3) is 5.69 Å². The van der Waals surface area contributed by atoms with Crippen molar-refractivity contribution in [3.8, 4) is 5.69 Å². The fourth-order valence-electron chi connectivity index (χ4n) is 1.33. The Labute approximate surface area is 104 Å². The van der Waals surface area contributed by atoms with Crippen LogP contribution in [0.15, 0.2) is 35.4 Å². The molecule has 0 aliphatic heterocycles. The third-order valence-corrected chi connectivity index (χ3v) is 3.61. The Morgan fingerprint density at radius 1 is 1.29 bits per heavy atom. The van der Waals surface area contributed by atoms with Crippen molar-refractivity contribution in [3.63, 3.8) is 0 Å². The summed E-state index contributed by atoms with van der Waals surface area (Å²) >= 11 is 5.62. The van der Waals surface area contributed by atoms with E-state index in [1.54, 1.807) is 23.0 Å². The van der Waals surface area contributed by atoms with Crippen molar-refractivity contribution >= 4 is 21.4 Å². The molecule has 2 aromatic rings. The summed E-state index contributed by atoms with van der Waals surface area (Å²) in [5.74, 6) is 0.293. The molecule has 0 amide bonds. The Bertz CT molecular complexity index is 619. The average molecular weight is 272 g/mol. The van der Waals surface area contributed by atoms with Gasteiger partial charge in [-0.3, -0.25) is 0 Å². The largest absolute Gasteiger partial charge is 0.224 e. The molecule has 0 atom stereocenters. The Balaban J connectivity index is 2.35. The van der Waals surface area contributed by atoms with Gasteiger partial charge in [-0.1, -0.05) is 5.21 Å². The molecule has 0 saturated heterocycles. The second-order valence-electron chi connectivity index (χ2n) is 3.55. The van der Waals surface area contributed by atoms with Gasteiger partial charge in [0.2, 0.25) is 0 Å². The first-order valence-corrected chi connectivity index (χ1v) is 7.21. The highest BCUT2D eigenvalue weighted by atomic mass is 35.5. The molecule has 0 saturated carbocycles. The number of benzene rings is 1. The Hall–Kier alpha value is -1.40. The molecule has 0 N–H and O–H groups in total. The molecule has 1 heterocycles. The molecule has 2 rings (SSSR count). The number of rotatable bonds is 3. The molecule has 5 nitrogen and oxygen atoms in total. The van der Waals surface area contributed by atoms with E-state index in [-0.39, 0.29) is 4.90 Å². The van der Waals surface area contributed by atoms with Gasteiger partial charge in [0.25, 0.3) is 0 Å². The number of sulfone groups is 1. The first kappa shape index (κ1) is 12.1. The van der Waals surface area contributed by atoms with E-state index in [1.165, 1.54) is 18.4 Å². The van der Waals surface area contributed by atoms with Gasteiger partial charge in [0.15, 0.2) is 9.84 Å². The monoisotopic (exact) mass is 271 g/mol. The predicted octanol–water partition coefficient (Wildman–Crippen LogP) is 1.41. The molecule has 7 heteroatoms. The second kappa shape index (κ2) is 4.46. The number of hydrogen-bond donors (Lipinski definition) is 0. The molecule has 0 radical (unpaired) electrons. The molecule has 0 bridgehead atoms. The Morgan fingerprint density at radius 3 is 2.41 bits per heavy atom. The zero-order valence-corrected chi connectivity index (χ0v) is 10.6. The molecule has 0 unspecified atom stereocenters. The number of aromatic nitrogens is 3. The Kier molecular flexibility index (Phi) is 3.17. The molecule has 17 heavy (non-hydrogen) atoms. The zero-order valence-electron chi connectivity index (χ0n) is 9.04. The van der Waals surface area contributed by atoms with Gasteiger partial charge < -0.3 is 0 Å². The third kappa shape index (κ3) is 2.65. The van der Waals surface area contributed by atoms with Crippen molar-refractivity contribution in [2.24, 2.45) is 0 Å². The van der Waals surface area contributed by atoms with Crippen LogP contribution in [-0.2, 0) is 15.7 Å². The van der Waals surface area contributed by atoms with Gasteiger partial charge >= 0.3 is 0 Å². The lowest BCUT2D eigenvalue weighted by Gasteiger charge is -2.01. The molecule has 1 aromatic carbocycles. The van der Waals surface area contributed by atoms with E-state index in [0.29, 0.717) is 11.6 Å². The molecule has 0 aliphatic carbocycles. The molecular weight excluding hydrogens is 262 g/mol. The standard InChI is InChI=1S/C10H10ClN3O2S/c1-17(15,16)10-4-2-9(3-5-10)14-7-8(6-11)12-13-14/h2-5,7H,6H2,1H3. The summed E-state index contributed by atoms with van der Waals surface area (Å²) in [4.78, 5) is 0.277. The summed E-state index contributed by atoms with van der Waals surface area (Å²) in [5, 5.41) is 7.73. The maximum atomic E-state index is 11.3. The summed E-state index contributed by atoms with van der Waals surface area (Å²) in [6, 6.07) is 6.41. The SMILES string of the molecule is CS(=O)(=O)c1ccc(-n2cc(CCl)nn2)cc1. The summed E-state index contributed by atoms with van der Waals surface area (Å²) in [7, 11) is -3.17. The van der Waals surface area contributed by atoms with Crippen LogP contribution in [0.3, 0.4) is 0 Å². The van der Waals surface area contributed by atoms with Gasteiger partial charge in [-0.25, -0.2) is 13.1 Å². The quantitative estimate of drug-likeness (QED) is 0.792. The van der Waals surface area contributed by atoms with Gasteiger partial charge in [-0.15, -0.1) is 16.7 Å². The summed E-state index contributed by atoms with van der Waals surface area (Å²) in [6.45, 7) is 0. The molecule has 1 aromatic heterocycles. The van der Waals surface area contributed by atoms with Gasteiger partial charge in [-0.05, 0) is 24.3 Å². The topological polar surface area (TPSA) is 64.8 Å². The van der Waals surface area contributed by atoms with Crippen LogP contribution in [-0.4, -0.2) is 29.7 Å².